The number of rotatable bonds is 5. The van der Waals surface area contributed by atoms with Crippen molar-refractivity contribution in [1.29, 1.82) is 0 Å². The number of nitrogens with one attached hydrogen (secondary N) is 1. The van der Waals surface area contributed by atoms with Crippen molar-refractivity contribution >= 4 is 5.91 Å². The quantitative estimate of drug-likeness (QED) is 0.757. The normalized spacial score (nSPS) is 10.5. The number of hydrogen-bond donors (Lipinski definition) is 2. The van der Waals surface area contributed by atoms with Crippen LogP contribution in [0.25, 0.3) is 11.3 Å². The first kappa shape index (κ1) is 14.8. The molecular formula is C17H16N4O2. The van der Waals surface area contributed by atoms with E-state index in [0.29, 0.717) is 23.6 Å². The standard InChI is InChI=1S/C17H16N4O2/c1-11-6-8-12(9-7-11)10-23-14-5-3-2-4-13(14)15-16(17(18)22)20-21-19-15/h2-9H,10H2,1H3,(H2,18,22)(H,19,20,21). The van der Waals surface area contributed by atoms with E-state index in [4.69, 9.17) is 10.5 Å². The number of aromatic nitrogens is 3. The van der Waals surface area contributed by atoms with Gasteiger partial charge in [-0.25, -0.2) is 0 Å². The van der Waals surface area contributed by atoms with Gasteiger partial charge < -0.3 is 10.5 Å². The van der Waals surface area contributed by atoms with Crippen molar-refractivity contribution in [2.75, 3.05) is 0 Å². The van der Waals surface area contributed by atoms with Crippen LogP contribution in [0.1, 0.15) is 21.6 Å². The summed E-state index contributed by atoms with van der Waals surface area (Å²) < 4.78 is 5.89. The summed E-state index contributed by atoms with van der Waals surface area (Å²) in [6.07, 6.45) is 0. The number of amides is 1. The first-order valence-corrected chi connectivity index (χ1v) is 7.13. The van der Waals surface area contributed by atoms with E-state index in [1.165, 1.54) is 5.56 Å². The molecule has 3 rings (SSSR count). The van der Waals surface area contributed by atoms with Gasteiger partial charge >= 0.3 is 0 Å². The number of H-pyrrole nitrogens is 1. The Morgan fingerprint density at radius 2 is 1.87 bits per heavy atom. The Bertz CT molecular complexity index is 825. The summed E-state index contributed by atoms with van der Waals surface area (Å²) in [4.78, 5) is 11.4. The summed E-state index contributed by atoms with van der Waals surface area (Å²) in [6, 6.07) is 15.4. The highest BCUT2D eigenvalue weighted by Gasteiger charge is 2.18. The molecule has 1 aromatic heterocycles. The van der Waals surface area contributed by atoms with Crippen LogP contribution in [0, 0.1) is 6.92 Å². The third-order valence-electron chi connectivity index (χ3n) is 3.44. The van der Waals surface area contributed by atoms with E-state index in [9.17, 15) is 4.79 Å². The molecule has 2 aromatic carbocycles. The van der Waals surface area contributed by atoms with Gasteiger partial charge in [-0.3, -0.25) is 4.79 Å². The van der Waals surface area contributed by atoms with Gasteiger partial charge in [0.05, 0.1) is 0 Å². The second-order valence-corrected chi connectivity index (χ2v) is 5.16. The first-order chi connectivity index (χ1) is 11.1. The summed E-state index contributed by atoms with van der Waals surface area (Å²) in [5.41, 5.74) is 8.73. The Morgan fingerprint density at radius 1 is 1.13 bits per heavy atom. The van der Waals surface area contributed by atoms with Gasteiger partial charge in [0.1, 0.15) is 18.1 Å². The van der Waals surface area contributed by atoms with Crippen LogP contribution in [0.15, 0.2) is 48.5 Å². The molecule has 116 valence electrons. The van der Waals surface area contributed by atoms with E-state index in [1.807, 2.05) is 55.5 Å². The smallest absolute Gasteiger partial charge is 0.271 e. The summed E-state index contributed by atoms with van der Waals surface area (Å²) >= 11 is 0. The highest BCUT2D eigenvalue weighted by molar-refractivity contribution is 5.97. The molecule has 0 aliphatic heterocycles. The number of nitrogens with two attached hydrogens (primary N) is 1. The van der Waals surface area contributed by atoms with Crippen LogP contribution in [-0.2, 0) is 6.61 Å². The van der Waals surface area contributed by atoms with Crippen molar-refractivity contribution in [3.8, 4) is 17.0 Å². The molecule has 0 aliphatic rings. The predicted octanol–water partition coefficient (Wildman–Crippen LogP) is 2.46. The molecule has 0 saturated heterocycles. The average molecular weight is 308 g/mol. The number of primary amides is 1. The van der Waals surface area contributed by atoms with Crippen LogP contribution in [0.2, 0.25) is 0 Å². The fraction of sp³-hybridized carbons (Fsp3) is 0.118. The zero-order valence-electron chi connectivity index (χ0n) is 12.6. The number of ether oxygens (including phenoxy) is 1. The number of benzene rings is 2. The molecule has 0 radical (unpaired) electrons. The third-order valence-corrected chi connectivity index (χ3v) is 3.44. The van der Waals surface area contributed by atoms with Crippen LogP contribution < -0.4 is 10.5 Å². The highest BCUT2D eigenvalue weighted by Crippen LogP contribution is 2.30. The van der Waals surface area contributed by atoms with Crippen molar-refractivity contribution in [2.45, 2.75) is 13.5 Å². The Balaban J connectivity index is 1.87. The van der Waals surface area contributed by atoms with Crippen molar-refractivity contribution in [1.82, 2.24) is 15.4 Å². The number of aryl methyl sites for hydroxylation is 1. The van der Waals surface area contributed by atoms with Gasteiger partial charge in [0.15, 0.2) is 5.69 Å². The molecule has 1 heterocycles. The van der Waals surface area contributed by atoms with Gasteiger partial charge in [0, 0.05) is 5.56 Å². The van der Waals surface area contributed by atoms with E-state index in [0.717, 1.165) is 5.56 Å². The van der Waals surface area contributed by atoms with Gasteiger partial charge in [-0.15, -0.1) is 0 Å². The van der Waals surface area contributed by atoms with Crippen LogP contribution in [0.3, 0.4) is 0 Å². The van der Waals surface area contributed by atoms with Crippen LogP contribution in [-0.4, -0.2) is 21.3 Å². The number of carbonyl (C=O) groups is 1. The molecular weight excluding hydrogens is 292 g/mol. The lowest BCUT2D eigenvalue weighted by Gasteiger charge is -2.10. The van der Waals surface area contributed by atoms with Gasteiger partial charge in [0.25, 0.3) is 5.91 Å². The minimum absolute atomic E-state index is 0.0939. The van der Waals surface area contributed by atoms with Crippen molar-refractivity contribution in [3.05, 3.63) is 65.4 Å². The molecule has 0 spiro atoms. The van der Waals surface area contributed by atoms with Crippen molar-refractivity contribution in [2.24, 2.45) is 5.73 Å². The van der Waals surface area contributed by atoms with Gasteiger partial charge in [-0.05, 0) is 24.6 Å². The molecule has 3 N–H and O–H groups in total. The lowest BCUT2D eigenvalue weighted by Crippen LogP contribution is -2.13. The lowest BCUT2D eigenvalue weighted by atomic mass is 10.1. The third kappa shape index (κ3) is 3.21. The first-order valence-electron chi connectivity index (χ1n) is 7.13. The fourth-order valence-electron chi connectivity index (χ4n) is 2.22. The second-order valence-electron chi connectivity index (χ2n) is 5.16. The predicted molar refractivity (Wildman–Crippen MR) is 85.8 cm³/mol. The molecule has 6 nitrogen and oxygen atoms in total. The molecule has 6 heteroatoms. The van der Waals surface area contributed by atoms with E-state index >= 15 is 0 Å². The maximum absolute atomic E-state index is 11.4. The topological polar surface area (TPSA) is 93.9 Å². The number of para-hydroxylation sites is 1. The van der Waals surface area contributed by atoms with Crippen molar-refractivity contribution < 1.29 is 9.53 Å². The van der Waals surface area contributed by atoms with E-state index < -0.39 is 5.91 Å². The minimum Gasteiger partial charge on any atom is -0.488 e. The zero-order valence-corrected chi connectivity index (χ0v) is 12.6. The number of carbonyl (C=O) groups excluding carboxylic acids is 1. The maximum Gasteiger partial charge on any atom is 0.271 e. The Labute approximate surface area is 133 Å². The molecule has 0 unspecified atom stereocenters. The highest BCUT2D eigenvalue weighted by atomic mass is 16.5. The largest absolute Gasteiger partial charge is 0.488 e. The number of hydrogen-bond acceptors (Lipinski definition) is 4. The van der Waals surface area contributed by atoms with Gasteiger partial charge in [-0.2, -0.15) is 15.4 Å². The van der Waals surface area contributed by atoms with Crippen LogP contribution >= 0.6 is 0 Å². The van der Waals surface area contributed by atoms with E-state index in [2.05, 4.69) is 15.4 Å². The zero-order chi connectivity index (χ0) is 16.2. The summed E-state index contributed by atoms with van der Waals surface area (Å²) in [5, 5.41) is 10.2. The molecule has 0 bridgehead atoms. The molecule has 3 aromatic rings. The second kappa shape index (κ2) is 6.31. The molecule has 23 heavy (non-hydrogen) atoms. The summed E-state index contributed by atoms with van der Waals surface area (Å²) in [5.74, 6) is -0.0217. The van der Waals surface area contributed by atoms with Gasteiger partial charge in [0.2, 0.25) is 0 Å². The molecule has 0 fully saturated rings. The monoisotopic (exact) mass is 308 g/mol. The molecule has 0 atom stereocenters. The summed E-state index contributed by atoms with van der Waals surface area (Å²) in [7, 11) is 0. The Morgan fingerprint density at radius 3 is 2.61 bits per heavy atom. The van der Waals surface area contributed by atoms with Crippen molar-refractivity contribution in [3.63, 3.8) is 0 Å². The van der Waals surface area contributed by atoms with Crippen LogP contribution in [0.4, 0.5) is 0 Å². The molecule has 1 amide bonds. The van der Waals surface area contributed by atoms with Gasteiger partial charge in [-0.1, -0.05) is 42.0 Å². The fourth-order valence-corrected chi connectivity index (χ4v) is 2.22. The SMILES string of the molecule is Cc1ccc(COc2ccccc2-c2n[nH]nc2C(N)=O)cc1. The maximum atomic E-state index is 11.4. The van der Waals surface area contributed by atoms with Crippen LogP contribution in [0.5, 0.6) is 5.75 Å². The van der Waals surface area contributed by atoms with E-state index in [-0.39, 0.29) is 5.69 Å². The lowest BCUT2D eigenvalue weighted by molar-refractivity contribution is 0.0996. The Hall–Kier alpha value is -3.15. The number of aromatic amines is 1. The molecule has 0 aliphatic carbocycles. The molecule has 0 saturated carbocycles. The average Bonchev–Trinajstić information content (AvgIpc) is 3.04. The number of nitrogens with zero attached hydrogens (tertiary/aromatic N) is 2. The Kier molecular flexibility index (Phi) is 4.05. The summed E-state index contributed by atoms with van der Waals surface area (Å²) in [6.45, 7) is 2.46. The minimum atomic E-state index is -0.637. The van der Waals surface area contributed by atoms with E-state index in [1.54, 1.807) is 0 Å².